The predicted molar refractivity (Wildman–Crippen MR) is 56.1 cm³/mol. The van der Waals surface area contributed by atoms with Crippen molar-refractivity contribution in [3.8, 4) is 0 Å². The van der Waals surface area contributed by atoms with Gasteiger partial charge in [0.05, 0.1) is 25.6 Å². The van der Waals surface area contributed by atoms with Gasteiger partial charge in [-0.25, -0.2) is 13.6 Å². The number of methoxy groups -OCH3 is 1. The first-order valence-electron chi connectivity index (χ1n) is 4.71. The summed E-state index contributed by atoms with van der Waals surface area (Å²) < 4.78 is 36.0. The fourth-order valence-corrected chi connectivity index (χ4v) is 1.13. The molecule has 0 fully saturated rings. The minimum atomic E-state index is -3.40. The fourth-order valence-electron chi connectivity index (χ4n) is 0.785. The normalized spacial score (nSPS) is 11.9. The summed E-state index contributed by atoms with van der Waals surface area (Å²) in [5, 5.41) is 4.78. The zero-order valence-electron chi connectivity index (χ0n) is 8.98. The van der Waals surface area contributed by atoms with Gasteiger partial charge in [-0.2, -0.15) is 0 Å². The molecule has 0 radical (unpaired) electrons. The van der Waals surface area contributed by atoms with Crippen molar-refractivity contribution in [3.05, 3.63) is 0 Å². The van der Waals surface area contributed by atoms with Crippen molar-refractivity contribution in [2.45, 2.75) is 6.42 Å². The maximum Gasteiger partial charge on any atom is 0.211 e. The van der Waals surface area contributed by atoms with Gasteiger partial charge in [0.2, 0.25) is 10.0 Å². The van der Waals surface area contributed by atoms with E-state index in [-0.39, 0.29) is 12.4 Å². The number of primary sulfonamides is 1. The van der Waals surface area contributed by atoms with Gasteiger partial charge in [0, 0.05) is 20.3 Å². The number of rotatable bonds is 10. The smallest absolute Gasteiger partial charge is 0.211 e. The van der Waals surface area contributed by atoms with Gasteiger partial charge in [-0.05, 0) is 6.42 Å². The zero-order valence-corrected chi connectivity index (χ0v) is 9.79. The molecule has 2 N–H and O–H groups in total. The number of hydrogen-bond acceptors (Lipinski definition) is 5. The van der Waals surface area contributed by atoms with Crippen LogP contribution in [0.15, 0.2) is 0 Å². The summed E-state index contributed by atoms with van der Waals surface area (Å²) in [6.45, 7) is 2.33. The standard InChI is InChI=1S/C8H19NO5S/c1-12-5-6-13-3-2-4-14-7-8-15(9,10)11/h2-8H2,1H3,(H2,9,10,11). The highest BCUT2D eigenvalue weighted by Gasteiger charge is 2.01. The highest BCUT2D eigenvalue weighted by Crippen LogP contribution is 1.87. The van der Waals surface area contributed by atoms with Gasteiger partial charge in [-0.15, -0.1) is 0 Å². The Hall–Kier alpha value is -0.210. The third kappa shape index (κ3) is 13.8. The van der Waals surface area contributed by atoms with Crippen molar-refractivity contribution in [2.24, 2.45) is 5.14 Å². The molecular formula is C8H19NO5S. The number of sulfonamides is 1. The van der Waals surface area contributed by atoms with Crippen LogP contribution >= 0.6 is 0 Å². The predicted octanol–water partition coefficient (Wildman–Crippen LogP) is -0.655. The number of ether oxygens (including phenoxy) is 3. The van der Waals surface area contributed by atoms with Gasteiger partial charge < -0.3 is 14.2 Å². The van der Waals surface area contributed by atoms with Crippen LogP contribution in [0.2, 0.25) is 0 Å². The van der Waals surface area contributed by atoms with Crippen LogP contribution in [-0.4, -0.2) is 54.3 Å². The van der Waals surface area contributed by atoms with Gasteiger partial charge in [-0.3, -0.25) is 0 Å². The Bertz CT molecular complexity index is 229. The summed E-state index contributed by atoms with van der Waals surface area (Å²) in [4.78, 5) is 0. The van der Waals surface area contributed by atoms with E-state index in [0.717, 1.165) is 6.42 Å². The largest absolute Gasteiger partial charge is 0.382 e. The summed E-state index contributed by atoms with van der Waals surface area (Å²) in [6, 6.07) is 0. The van der Waals surface area contributed by atoms with E-state index in [4.69, 9.17) is 19.3 Å². The Morgan fingerprint density at radius 3 is 2.13 bits per heavy atom. The van der Waals surface area contributed by atoms with Gasteiger partial charge in [-0.1, -0.05) is 0 Å². The third-order valence-corrected chi connectivity index (χ3v) is 2.26. The number of nitrogens with two attached hydrogens (primary N) is 1. The zero-order chi connectivity index (χ0) is 11.6. The maximum absolute atomic E-state index is 10.5. The summed E-state index contributed by atoms with van der Waals surface area (Å²) in [7, 11) is -1.79. The van der Waals surface area contributed by atoms with Crippen LogP contribution in [0.3, 0.4) is 0 Å². The van der Waals surface area contributed by atoms with E-state index < -0.39 is 10.0 Å². The topological polar surface area (TPSA) is 87.8 Å². The molecule has 0 bridgehead atoms. The van der Waals surface area contributed by atoms with E-state index in [1.807, 2.05) is 0 Å². The van der Waals surface area contributed by atoms with Crippen LogP contribution in [0.1, 0.15) is 6.42 Å². The fraction of sp³-hybridized carbons (Fsp3) is 1.00. The first-order valence-corrected chi connectivity index (χ1v) is 6.42. The first-order chi connectivity index (χ1) is 7.06. The Kier molecular flexibility index (Phi) is 8.92. The quantitative estimate of drug-likeness (QED) is 0.513. The minimum Gasteiger partial charge on any atom is -0.382 e. The molecule has 0 aromatic rings. The Morgan fingerprint density at radius 1 is 1.00 bits per heavy atom. The molecule has 0 amide bonds. The molecule has 0 spiro atoms. The van der Waals surface area contributed by atoms with Crippen LogP contribution < -0.4 is 5.14 Å². The summed E-state index contributed by atoms with van der Waals surface area (Å²) in [5.74, 6) is -0.141. The molecule has 0 aromatic carbocycles. The monoisotopic (exact) mass is 241 g/mol. The molecule has 0 aliphatic carbocycles. The molecule has 0 heterocycles. The van der Waals surface area contributed by atoms with Crippen molar-refractivity contribution in [2.75, 3.05) is 45.9 Å². The van der Waals surface area contributed by atoms with E-state index >= 15 is 0 Å². The van der Waals surface area contributed by atoms with Crippen molar-refractivity contribution in [1.29, 1.82) is 0 Å². The summed E-state index contributed by atoms with van der Waals surface area (Å²) in [6.07, 6.45) is 0.730. The Balaban J connectivity index is 3.06. The summed E-state index contributed by atoms with van der Waals surface area (Å²) >= 11 is 0. The number of hydrogen-bond donors (Lipinski definition) is 1. The van der Waals surface area contributed by atoms with Gasteiger partial charge >= 0.3 is 0 Å². The van der Waals surface area contributed by atoms with Crippen LogP contribution in [0, 0.1) is 0 Å². The van der Waals surface area contributed by atoms with Crippen molar-refractivity contribution >= 4 is 10.0 Å². The van der Waals surface area contributed by atoms with Gasteiger partial charge in [0.15, 0.2) is 0 Å². The van der Waals surface area contributed by atoms with Gasteiger partial charge in [0.1, 0.15) is 0 Å². The Morgan fingerprint density at radius 2 is 1.60 bits per heavy atom. The van der Waals surface area contributed by atoms with E-state index in [1.54, 1.807) is 7.11 Å². The van der Waals surface area contributed by atoms with E-state index in [0.29, 0.717) is 26.4 Å². The van der Waals surface area contributed by atoms with E-state index in [2.05, 4.69) is 0 Å². The van der Waals surface area contributed by atoms with Crippen molar-refractivity contribution in [1.82, 2.24) is 0 Å². The molecule has 7 heteroatoms. The molecule has 0 saturated carbocycles. The SMILES string of the molecule is COCCOCCCOCCS(N)(=O)=O. The molecule has 0 saturated heterocycles. The van der Waals surface area contributed by atoms with Crippen LogP contribution in [0.5, 0.6) is 0 Å². The average molecular weight is 241 g/mol. The summed E-state index contributed by atoms with van der Waals surface area (Å²) in [5.41, 5.74) is 0. The first kappa shape index (κ1) is 14.8. The van der Waals surface area contributed by atoms with Crippen LogP contribution in [0.25, 0.3) is 0 Å². The molecule has 15 heavy (non-hydrogen) atoms. The molecule has 92 valence electrons. The molecule has 0 aliphatic heterocycles. The molecule has 0 aromatic heterocycles. The molecule has 0 unspecified atom stereocenters. The average Bonchev–Trinajstić information content (AvgIpc) is 2.14. The van der Waals surface area contributed by atoms with Crippen LogP contribution in [-0.2, 0) is 24.2 Å². The lowest BCUT2D eigenvalue weighted by atomic mass is 10.5. The van der Waals surface area contributed by atoms with E-state index in [1.165, 1.54) is 0 Å². The highest BCUT2D eigenvalue weighted by atomic mass is 32.2. The highest BCUT2D eigenvalue weighted by molar-refractivity contribution is 7.89. The van der Waals surface area contributed by atoms with Gasteiger partial charge in [0.25, 0.3) is 0 Å². The second-order valence-electron chi connectivity index (χ2n) is 2.94. The lowest BCUT2D eigenvalue weighted by Gasteiger charge is -2.04. The Labute approximate surface area is 90.7 Å². The minimum absolute atomic E-state index is 0.136. The van der Waals surface area contributed by atoms with E-state index in [9.17, 15) is 8.42 Å². The van der Waals surface area contributed by atoms with Crippen molar-refractivity contribution in [3.63, 3.8) is 0 Å². The third-order valence-electron chi connectivity index (χ3n) is 1.52. The lowest BCUT2D eigenvalue weighted by molar-refractivity contribution is 0.0536. The second-order valence-corrected chi connectivity index (χ2v) is 4.67. The second kappa shape index (κ2) is 9.05. The molecule has 6 nitrogen and oxygen atoms in total. The molecule has 0 atom stereocenters. The molecule has 0 aliphatic rings. The molecular weight excluding hydrogens is 222 g/mol. The lowest BCUT2D eigenvalue weighted by Crippen LogP contribution is -2.20. The van der Waals surface area contributed by atoms with Crippen molar-refractivity contribution < 1.29 is 22.6 Å². The van der Waals surface area contributed by atoms with Crippen LogP contribution in [0.4, 0.5) is 0 Å². The molecule has 0 rings (SSSR count). The maximum atomic E-state index is 10.5.